The van der Waals surface area contributed by atoms with Crippen LogP contribution in [-0.2, 0) is 9.59 Å². The molecule has 27 heavy (non-hydrogen) atoms. The number of nitrogens with one attached hydrogen (secondary N) is 1. The number of carbonyl (C=O) groups excluding carboxylic acids is 1. The number of amides is 1. The van der Waals surface area contributed by atoms with Crippen LogP contribution in [0.15, 0.2) is 29.6 Å². The molecule has 0 saturated heterocycles. The summed E-state index contributed by atoms with van der Waals surface area (Å²) in [5.41, 5.74) is 3.12. The summed E-state index contributed by atoms with van der Waals surface area (Å²) in [5, 5.41) is 14.9. The Hall–Kier alpha value is -2.21. The highest BCUT2D eigenvalue weighted by atomic mass is 32.1. The normalized spacial score (nSPS) is 26.5. The Morgan fingerprint density at radius 3 is 2.44 bits per heavy atom. The van der Waals surface area contributed by atoms with E-state index in [2.05, 4.69) is 36.3 Å². The minimum atomic E-state index is -0.840. The Morgan fingerprint density at radius 1 is 1.15 bits per heavy atom. The molecule has 0 spiro atoms. The average molecular weight is 385 g/mol. The van der Waals surface area contributed by atoms with Crippen molar-refractivity contribution in [3.05, 3.63) is 35.2 Å². The fourth-order valence-corrected chi connectivity index (χ4v) is 5.44. The van der Waals surface area contributed by atoms with Gasteiger partial charge >= 0.3 is 5.97 Å². The van der Waals surface area contributed by atoms with Gasteiger partial charge in [-0.15, -0.1) is 11.3 Å². The number of hydrogen-bond acceptors (Lipinski definition) is 4. The first-order valence-electron chi connectivity index (χ1n) is 9.53. The molecular formula is C21H24N2O3S. The molecule has 0 aliphatic heterocycles. The molecule has 142 valence electrons. The molecule has 2 aliphatic rings. The lowest BCUT2D eigenvalue weighted by atomic mass is 9.79. The number of hydrogen-bond donors (Lipinski definition) is 2. The summed E-state index contributed by atoms with van der Waals surface area (Å²) < 4.78 is 0. The maximum atomic E-state index is 12.8. The number of aliphatic carboxylic acids is 1. The molecule has 6 heteroatoms. The van der Waals surface area contributed by atoms with Gasteiger partial charge in [-0.3, -0.25) is 9.59 Å². The Kier molecular flexibility index (Phi) is 4.76. The van der Waals surface area contributed by atoms with Crippen LogP contribution in [0.4, 0.5) is 5.13 Å². The van der Waals surface area contributed by atoms with Gasteiger partial charge in [-0.25, -0.2) is 4.98 Å². The first kappa shape index (κ1) is 18.2. The zero-order valence-electron chi connectivity index (χ0n) is 15.5. The molecule has 1 amide bonds. The molecule has 2 bridgehead atoms. The van der Waals surface area contributed by atoms with Crippen molar-refractivity contribution >= 4 is 28.3 Å². The zero-order valence-corrected chi connectivity index (χ0v) is 16.3. The monoisotopic (exact) mass is 384 g/mol. The van der Waals surface area contributed by atoms with E-state index in [9.17, 15) is 14.7 Å². The molecule has 2 saturated carbocycles. The fraction of sp³-hybridized carbons (Fsp3) is 0.476. The van der Waals surface area contributed by atoms with E-state index < -0.39 is 17.8 Å². The Bertz CT molecular complexity index is 859. The van der Waals surface area contributed by atoms with E-state index in [0.717, 1.165) is 30.5 Å². The van der Waals surface area contributed by atoms with Gasteiger partial charge < -0.3 is 10.4 Å². The van der Waals surface area contributed by atoms with Crippen molar-refractivity contribution in [1.82, 2.24) is 4.98 Å². The Balaban J connectivity index is 1.47. The molecule has 1 aromatic carbocycles. The van der Waals surface area contributed by atoms with E-state index in [4.69, 9.17) is 0 Å². The van der Waals surface area contributed by atoms with Gasteiger partial charge in [-0.05, 0) is 42.6 Å². The van der Waals surface area contributed by atoms with Gasteiger partial charge in [0.15, 0.2) is 5.13 Å². The van der Waals surface area contributed by atoms with Gasteiger partial charge in [-0.1, -0.05) is 38.1 Å². The van der Waals surface area contributed by atoms with Gasteiger partial charge in [0.05, 0.1) is 17.5 Å². The van der Waals surface area contributed by atoms with Gasteiger partial charge in [0.1, 0.15) is 0 Å². The number of anilines is 1. The summed E-state index contributed by atoms with van der Waals surface area (Å²) in [4.78, 5) is 28.9. The predicted octanol–water partition coefficient (Wildman–Crippen LogP) is 4.62. The van der Waals surface area contributed by atoms with Crippen molar-refractivity contribution in [2.75, 3.05) is 5.32 Å². The summed E-state index contributed by atoms with van der Waals surface area (Å²) in [6, 6.07) is 8.30. The number of carboxylic acid groups (broad SMARTS) is 1. The summed E-state index contributed by atoms with van der Waals surface area (Å²) in [5.74, 6) is -1.19. The molecule has 0 unspecified atom stereocenters. The summed E-state index contributed by atoms with van der Waals surface area (Å²) in [7, 11) is 0. The van der Waals surface area contributed by atoms with Gasteiger partial charge in [0, 0.05) is 10.9 Å². The highest BCUT2D eigenvalue weighted by Gasteiger charge is 2.54. The summed E-state index contributed by atoms with van der Waals surface area (Å²) >= 11 is 1.38. The van der Waals surface area contributed by atoms with Gasteiger partial charge in [0.2, 0.25) is 5.91 Å². The van der Waals surface area contributed by atoms with Crippen LogP contribution in [0.3, 0.4) is 0 Å². The Labute approximate surface area is 162 Å². The predicted molar refractivity (Wildman–Crippen MR) is 106 cm³/mol. The Morgan fingerprint density at radius 2 is 1.81 bits per heavy atom. The molecule has 1 heterocycles. The number of fused-ring (bicyclic) bond motifs is 2. The number of carbonyl (C=O) groups is 2. The average Bonchev–Trinajstić information content (AvgIpc) is 3.37. The van der Waals surface area contributed by atoms with Gasteiger partial charge in [-0.2, -0.15) is 0 Å². The third-order valence-electron chi connectivity index (χ3n) is 6.11. The standard InChI is InChI=1S/C21H24N2O3S/c1-11(2)12-3-5-13(6-4-12)16-10-27-21(22-16)23-19(24)17-14-7-8-15(9-14)18(17)20(25)26/h3-6,10-11,14-15,17-18H,7-9H2,1-2H3,(H,25,26)(H,22,23,24)/t14-,15+,17+,18+/m0/s1. The second-order valence-electron chi connectivity index (χ2n) is 8.03. The lowest BCUT2D eigenvalue weighted by molar-refractivity contribution is -0.148. The number of aromatic nitrogens is 1. The van der Waals surface area contributed by atoms with Crippen LogP contribution in [0.25, 0.3) is 11.3 Å². The maximum absolute atomic E-state index is 12.8. The topological polar surface area (TPSA) is 79.3 Å². The molecule has 2 fully saturated rings. The van der Waals surface area contributed by atoms with Crippen molar-refractivity contribution in [2.45, 2.75) is 39.0 Å². The number of carboxylic acids is 1. The van der Waals surface area contributed by atoms with Crippen molar-refractivity contribution in [2.24, 2.45) is 23.7 Å². The lowest BCUT2D eigenvalue weighted by Crippen LogP contribution is -2.37. The first-order valence-corrected chi connectivity index (χ1v) is 10.4. The van der Waals surface area contributed by atoms with E-state index in [-0.39, 0.29) is 17.7 Å². The number of benzene rings is 1. The maximum Gasteiger partial charge on any atom is 0.307 e. The zero-order chi connectivity index (χ0) is 19.1. The van der Waals surface area contributed by atoms with Crippen LogP contribution in [0.1, 0.15) is 44.6 Å². The number of thiazole rings is 1. The fourth-order valence-electron chi connectivity index (χ4n) is 4.72. The molecule has 2 aliphatic carbocycles. The lowest BCUT2D eigenvalue weighted by Gasteiger charge is -2.26. The second kappa shape index (κ2) is 7.08. The molecule has 0 radical (unpaired) electrons. The number of rotatable bonds is 5. The van der Waals surface area contributed by atoms with Crippen LogP contribution in [0.5, 0.6) is 0 Å². The van der Waals surface area contributed by atoms with Crippen LogP contribution < -0.4 is 5.32 Å². The number of nitrogens with zero attached hydrogens (tertiary/aromatic N) is 1. The van der Waals surface area contributed by atoms with E-state index in [1.807, 2.05) is 17.5 Å². The molecule has 2 N–H and O–H groups in total. The van der Waals surface area contributed by atoms with Crippen LogP contribution in [-0.4, -0.2) is 22.0 Å². The first-order chi connectivity index (χ1) is 12.9. The molecule has 2 aromatic rings. The smallest absolute Gasteiger partial charge is 0.307 e. The molecule has 5 nitrogen and oxygen atoms in total. The van der Waals surface area contributed by atoms with Gasteiger partial charge in [0.25, 0.3) is 0 Å². The molecular weight excluding hydrogens is 360 g/mol. The van der Waals surface area contributed by atoms with E-state index in [0.29, 0.717) is 11.0 Å². The van der Waals surface area contributed by atoms with Crippen LogP contribution in [0, 0.1) is 23.7 Å². The molecule has 4 atom stereocenters. The van der Waals surface area contributed by atoms with Crippen molar-refractivity contribution in [3.63, 3.8) is 0 Å². The van der Waals surface area contributed by atoms with E-state index >= 15 is 0 Å². The highest BCUT2D eigenvalue weighted by molar-refractivity contribution is 7.14. The largest absolute Gasteiger partial charge is 0.481 e. The van der Waals surface area contributed by atoms with E-state index in [1.165, 1.54) is 16.9 Å². The summed E-state index contributed by atoms with van der Waals surface area (Å²) in [6.07, 6.45) is 2.75. The highest BCUT2D eigenvalue weighted by Crippen LogP contribution is 2.52. The van der Waals surface area contributed by atoms with Crippen LogP contribution in [0.2, 0.25) is 0 Å². The van der Waals surface area contributed by atoms with Crippen molar-refractivity contribution in [3.8, 4) is 11.3 Å². The second-order valence-corrected chi connectivity index (χ2v) is 8.88. The molecule has 4 rings (SSSR count). The van der Waals surface area contributed by atoms with Crippen molar-refractivity contribution < 1.29 is 14.7 Å². The molecule has 1 aromatic heterocycles. The third-order valence-corrected chi connectivity index (χ3v) is 6.87. The van der Waals surface area contributed by atoms with Crippen LogP contribution >= 0.6 is 11.3 Å². The van der Waals surface area contributed by atoms with Crippen molar-refractivity contribution in [1.29, 1.82) is 0 Å². The quantitative estimate of drug-likeness (QED) is 0.788. The SMILES string of the molecule is CC(C)c1ccc(-c2csc(NC(=O)[C@@H]3[C@H]4CC[C@H](C4)[C@H]3C(=O)O)n2)cc1. The third kappa shape index (κ3) is 3.38. The van der Waals surface area contributed by atoms with E-state index in [1.54, 1.807) is 0 Å². The minimum absolute atomic E-state index is 0.148. The summed E-state index contributed by atoms with van der Waals surface area (Å²) in [6.45, 7) is 4.32. The minimum Gasteiger partial charge on any atom is -0.481 e.